The highest BCUT2D eigenvalue weighted by molar-refractivity contribution is 9.10. The molecule has 0 bridgehead atoms. The molecule has 2 rings (SSSR count). The zero-order chi connectivity index (χ0) is 16.1. The molecule has 0 radical (unpaired) electrons. The smallest absolute Gasteiger partial charge is 0.175 e. The van der Waals surface area contributed by atoms with Crippen molar-refractivity contribution in [1.29, 1.82) is 0 Å². The van der Waals surface area contributed by atoms with Gasteiger partial charge in [-0.05, 0) is 47.5 Å². The molecule has 0 aliphatic rings. The van der Waals surface area contributed by atoms with Crippen LogP contribution in [0.1, 0.15) is 23.6 Å². The first kappa shape index (κ1) is 16.8. The molecule has 2 aromatic rings. The molecule has 0 fully saturated rings. The van der Waals surface area contributed by atoms with Gasteiger partial charge in [0.15, 0.2) is 11.5 Å². The third kappa shape index (κ3) is 4.21. The van der Waals surface area contributed by atoms with Crippen LogP contribution in [0.25, 0.3) is 0 Å². The summed E-state index contributed by atoms with van der Waals surface area (Å²) in [6.07, 6.45) is 0. The SMILES string of the molecule is CCOc1cc(C(N)=S)cc(Br)c1OCc1ccc(C)cc1. The molecule has 0 spiro atoms. The van der Waals surface area contributed by atoms with Crippen LogP contribution in [0.15, 0.2) is 40.9 Å². The topological polar surface area (TPSA) is 44.5 Å². The fraction of sp³-hybridized carbons (Fsp3) is 0.235. The largest absolute Gasteiger partial charge is 0.490 e. The first-order valence-corrected chi connectivity index (χ1v) is 8.16. The normalized spacial score (nSPS) is 10.3. The van der Waals surface area contributed by atoms with Gasteiger partial charge in [-0.3, -0.25) is 0 Å². The molecule has 2 aromatic carbocycles. The van der Waals surface area contributed by atoms with Crippen LogP contribution in [0.4, 0.5) is 0 Å². The third-order valence-electron chi connectivity index (χ3n) is 3.10. The Morgan fingerprint density at radius 1 is 1.18 bits per heavy atom. The van der Waals surface area contributed by atoms with Crippen molar-refractivity contribution >= 4 is 33.1 Å². The Labute approximate surface area is 144 Å². The summed E-state index contributed by atoms with van der Waals surface area (Å²) in [5, 5.41) is 0. The van der Waals surface area contributed by atoms with Gasteiger partial charge in [0.2, 0.25) is 0 Å². The second kappa shape index (κ2) is 7.61. The highest BCUT2D eigenvalue weighted by Crippen LogP contribution is 2.37. The van der Waals surface area contributed by atoms with Crippen molar-refractivity contribution < 1.29 is 9.47 Å². The molecule has 0 atom stereocenters. The number of aryl methyl sites for hydroxylation is 1. The summed E-state index contributed by atoms with van der Waals surface area (Å²) in [4.78, 5) is 0.326. The van der Waals surface area contributed by atoms with E-state index in [1.807, 2.05) is 25.1 Å². The van der Waals surface area contributed by atoms with E-state index in [-0.39, 0.29) is 0 Å². The molecule has 0 saturated carbocycles. The number of hydrogen-bond acceptors (Lipinski definition) is 3. The molecule has 5 heteroatoms. The first-order chi connectivity index (χ1) is 10.5. The van der Waals surface area contributed by atoms with Crippen molar-refractivity contribution in [3.8, 4) is 11.5 Å². The van der Waals surface area contributed by atoms with Gasteiger partial charge in [-0.1, -0.05) is 42.0 Å². The van der Waals surface area contributed by atoms with Gasteiger partial charge in [-0.2, -0.15) is 0 Å². The maximum Gasteiger partial charge on any atom is 0.175 e. The van der Waals surface area contributed by atoms with Gasteiger partial charge >= 0.3 is 0 Å². The molecule has 0 unspecified atom stereocenters. The van der Waals surface area contributed by atoms with Gasteiger partial charge in [0.1, 0.15) is 11.6 Å². The van der Waals surface area contributed by atoms with E-state index in [9.17, 15) is 0 Å². The summed E-state index contributed by atoms with van der Waals surface area (Å²) in [6.45, 7) is 4.98. The van der Waals surface area contributed by atoms with Gasteiger partial charge in [0, 0.05) is 5.56 Å². The number of halogens is 1. The zero-order valence-corrected chi connectivity index (χ0v) is 15.0. The van der Waals surface area contributed by atoms with E-state index >= 15 is 0 Å². The Balaban J connectivity index is 2.25. The van der Waals surface area contributed by atoms with Crippen LogP contribution >= 0.6 is 28.1 Å². The second-order valence-electron chi connectivity index (χ2n) is 4.86. The molecular weight excluding hydrogens is 362 g/mol. The average molecular weight is 380 g/mol. The second-order valence-corrected chi connectivity index (χ2v) is 6.15. The third-order valence-corrected chi connectivity index (χ3v) is 3.92. The van der Waals surface area contributed by atoms with Crippen molar-refractivity contribution in [3.63, 3.8) is 0 Å². The van der Waals surface area contributed by atoms with Crippen LogP contribution in [0.2, 0.25) is 0 Å². The Morgan fingerprint density at radius 3 is 2.45 bits per heavy atom. The number of ether oxygens (including phenoxy) is 2. The Kier molecular flexibility index (Phi) is 5.80. The van der Waals surface area contributed by atoms with Gasteiger partial charge in [0.25, 0.3) is 0 Å². The summed E-state index contributed by atoms with van der Waals surface area (Å²) in [7, 11) is 0. The lowest BCUT2D eigenvalue weighted by molar-refractivity contribution is 0.267. The molecular formula is C17H18BrNO2S. The summed E-state index contributed by atoms with van der Waals surface area (Å²) in [5.74, 6) is 1.29. The average Bonchev–Trinajstić information content (AvgIpc) is 2.48. The van der Waals surface area contributed by atoms with Crippen molar-refractivity contribution in [2.24, 2.45) is 5.73 Å². The number of rotatable bonds is 6. The van der Waals surface area contributed by atoms with Crippen LogP contribution in [0.5, 0.6) is 11.5 Å². The number of nitrogens with two attached hydrogens (primary N) is 1. The van der Waals surface area contributed by atoms with Crippen LogP contribution < -0.4 is 15.2 Å². The predicted octanol–water partition coefficient (Wildman–Crippen LogP) is 4.37. The molecule has 0 aliphatic heterocycles. The molecule has 22 heavy (non-hydrogen) atoms. The number of hydrogen-bond donors (Lipinski definition) is 1. The molecule has 0 aromatic heterocycles. The van der Waals surface area contributed by atoms with Crippen LogP contribution in [-0.2, 0) is 6.61 Å². The highest BCUT2D eigenvalue weighted by atomic mass is 79.9. The quantitative estimate of drug-likeness (QED) is 0.756. The minimum atomic E-state index is 0.326. The van der Waals surface area contributed by atoms with E-state index in [2.05, 4.69) is 35.0 Å². The van der Waals surface area contributed by atoms with E-state index in [0.29, 0.717) is 29.7 Å². The highest BCUT2D eigenvalue weighted by Gasteiger charge is 2.13. The summed E-state index contributed by atoms with van der Waals surface area (Å²) >= 11 is 8.52. The molecule has 0 saturated heterocycles. The van der Waals surface area contributed by atoms with Crippen molar-refractivity contribution in [1.82, 2.24) is 0 Å². The monoisotopic (exact) mass is 379 g/mol. The van der Waals surface area contributed by atoms with Crippen LogP contribution in [-0.4, -0.2) is 11.6 Å². The van der Waals surface area contributed by atoms with Crippen molar-refractivity contribution in [3.05, 3.63) is 57.6 Å². The van der Waals surface area contributed by atoms with E-state index in [1.165, 1.54) is 5.56 Å². The fourth-order valence-electron chi connectivity index (χ4n) is 1.95. The molecule has 116 valence electrons. The Hall–Kier alpha value is -1.59. The van der Waals surface area contributed by atoms with Crippen LogP contribution in [0, 0.1) is 6.92 Å². The molecule has 2 N–H and O–H groups in total. The maximum atomic E-state index is 5.93. The number of thiocarbonyl (C=S) groups is 1. The zero-order valence-electron chi connectivity index (χ0n) is 12.6. The van der Waals surface area contributed by atoms with Gasteiger partial charge < -0.3 is 15.2 Å². The molecule has 0 heterocycles. The van der Waals surface area contributed by atoms with Gasteiger partial charge in [-0.25, -0.2) is 0 Å². The lowest BCUT2D eigenvalue weighted by atomic mass is 10.1. The molecule has 0 aliphatic carbocycles. The van der Waals surface area contributed by atoms with Crippen LogP contribution in [0.3, 0.4) is 0 Å². The van der Waals surface area contributed by atoms with E-state index < -0.39 is 0 Å². The number of benzene rings is 2. The van der Waals surface area contributed by atoms with E-state index in [0.717, 1.165) is 15.6 Å². The minimum absolute atomic E-state index is 0.326. The summed E-state index contributed by atoms with van der Waals surface area (Å²) < 4.78 is 12.3. The van der Waals surface area contributed by atoms with Gasteiger partial charge in [-0.15, -0.1) is 0 Å². The fourth-order valence-corrected chi connectivity index (χ4v) is 2.63. The van der Waals surface area contributed by atoms with E-state index in [1.54, 1.807) is 6.07 Å². The summed E-state index contributed by atoms with van der Waals surface area (Å²) in [6, 6.07) is 11.9. The van der Waals surface area contributed by atoms with Crippen molar-refractivity contribution in [2.75, 3.05) is 6.61 Å². The minimum Gasteiger partial charge on any atom is -0.490 e. The maximum absolute atomic E-state index is 5.93. The standard InChI is InChI=1S/C17H18BrNO2S/c1-3-20-15-9-13(17(19)22)8-14(18)16(15)21-10-12-6-4-11(2)5-7-12/h4-9H,3,10H2,1-2H3,(H2,19,22). The predicted molar refractivity (Wildman–Crippen MR) is 96.7 cm³/mol. The molecule has 3 nitrogen and oxygen atoms in total. The lowest BCUT2D eigenvalue weighted by Gasteiger charge is -2.15. The Morgan fingerprint density at radius 2 is 1.86 bits per heavy atom. The van der Waals surface area contributed by atoms with E-state index in [4.69, 9.17) is 27.4 Å². The first-order valence-electron chi connectivity index (χ1n) is 6.95. The lowest BCUT2D eigenvalue weighted by Crippen LogP contribution is -2.10. The molecule has 0 amide bonds. The Bertz CT molecular complexity index is 671. The van der Waals surface area contributed by atoms with Crippen molar-refractivity contribution in [2.45, 2.75) is 20.5 Å². The summed E-state index contributed by atoms with van der Waals surface area (Å²) in [5.41, 5.74) is 8.75. The van der Waals surface area contributed by atoms with Gasteiger partial charge in [0.05, 0.1) is 11.1 Å².